The van der Waals surface area contributed by atoms with Crippen molar-refractivity contribution in [1.29, 1.82) is 0 Å². The number of amides is 1. The lowest BCUT2D eigenvalue weighted by molar-refractivity contribution is -0.140. The highest BCUT2D eigenvalue weighted by atomic mass is 28.4. The molecular weight excluding hydrogens is 444 g/mol. The number of halogens is 2. The summed E-state index contributed by atoms with van der Waals surface area (Å²) in [6, 6.07) is 1.17. The highest BCUT2D eigenvalue weighted by Gasteiger charge is 2.60. The summed E-state index contributed by atoms with van der Waals surface area (Å²) in [4.78, 5) is 27.9. The molecule has 1 amide bonds. The number of hydrogen-bond donors (Lipinski definition) is 2. The maximum Gasteiger partial charge on any atom is 0.412 e. The van der Waals surface area contributed by atoms with Crippen molar-refractivity contribution < 1.29 is 32.6 Å². The quantitative estimate of drug-likeness (QED) is 0.579. The Kier molecular flexibility index (Phi) is 7.85. The molecule has 1 aliphatic rings. The van der Waals surface area contributed by atoms with Gasteiger partial charge < -0.3 is 19.0 Å². The summed E-state index contributed by atoms with van der Waals surface area (Å²) in [5, 5.41) is 12.4. The Hall–Kier alpha value is -1.89. The molecule has 0 unspecified atom stereocenters. The average Bonchev–Trinajstić information content (AvgIpc) is 2.87. The Morgan fingerprint density at radius 1 is 1.41 bits per heavy atom. The van der Waals surface area contributed by atoms with E-state index in [4.69, 9.17) is 13.9 Å². The second kappa shape index (κ2) is 9.54. The zero-order valence-corrected chi connectivity index (χ0v) is 20.5. The van der Waals surface area contributed by atoms with Gasteiger partial charge in [-0.15, -0.1) is 0 Å². The van der Waals surface area contributed by atoms with Gasteiger partial charge in [-0.2, -0.15) is 8.78 Å². The molecule has 1 saturated heterocycles. The maximum atomic E-state index is 15.0. The van der Waals surface area contributed by atoms with Crippen molar-refractivity contribution >= 4 is 20.2 Å². The number of anilines is 1. The van der Waals surface area contributed by atoms with E-state index in [-0.39, 0.29) is 30.0 Å². The van der Waals surface area contributed by atoms with Crippen LogP contribution in [0.4, 0.5) is 19.4 Å². The fraction of sp³-hybridized carbons (Fsp3) is 0.750. The summed E-state index contributed by atoms with van der Waals surface area (Å²) in [7, 11) is -2.30. The third-order valence-corrected chi connectivity index (χ3v) is 10.2. The number of ether oxygens (including phenoxy) is 2. The molecule has 0 radical (unpaired) electrons. The third kappa shape index (κ3) is 5.72. The van der Waals surface area contributed by atoms with Crippen LogP contribution < -0.4 is 11.0 Å². The van der Waals surface area contributed by atoms with Crippen LogP contribution in [-0.4, -0.2) is 60.4 Å². The molecule has 1 aromatic rings. The summed E-state index contributed by atoms with van der Waals surface area (Å²) in [6.07, 6.45) is -5.63. The lowest BCUT2D eigenvalue weighted by Gasteiger charge is -2.37. The number of nitrogens with zero attached hydrogens (tertiary/aromatic N) is 2. The molecule has 1 fully saturated rings. The number of carbonyl (C=O) groups is 1. The van der Waals surface area contributed by atoms with Gasteiger partial charge in [-0.25, -0.2) is 19.1 Å². The molecular formula is C20H33F2N3O6Si. The van der Waals surface area contributed by atoms with Gasteiger partial charge in [-0.1, -0.05) is 34.6 Å². The second-order valence-electron chi connectivity index (χ2n) is 9.82. The predicted molar refractivity (Wildman–Crippen MR) is 116 cm³/mol. The van der Waals surface area contributed by atoms with Crippen molar-refractivity contribution in [3.8, 4) is 0 Å². The molecule has 0 aliphatic carbocycles. The molecule has 0 aromatic carbocycles. The van der Waals surface area contributed by atoms with Gasteiger partial charge in [-0.3, -0.25) is 5.32 Å². The molecule has 0 spiro atoms. The molecule has 2 heterocycles. The zero-order valence-electron chi connectivity index (χ0n) is 19.5. The first-order chi connectivity index (χ1) is 14.6. The summed E-state index contributed by atoms with van der Waals surface area (Å²) in [5.41, 5.74) is -1.07. The summed E-state index contributed by atoms with van der Waals surface area (Å²) in [5.74, 6) is -4.08. The number of rotatable bonds is 7. The largest absolute Gasteiger partial charge is 0.449 e. The van der Waals surface area contributed by atoms with Crippen LogP contribution in [0, 0.1) is 5.92 Å². The number of aliphatic hydroxyl groups is 1. The van der Waals surface area contributed by atoms with Crippen LogP contribution in [0.15, 0.2) is 17.1 Å². The lowest BCUT2D eigenvalue weighted by atomic mass is 10.1. The maximum absolute atomic E-state index is 15.0. The van der Waals surface area contributed by atoms with Gasteiger partial charge in [0.15, 0.2) is 14.4 Å². The predicted octanol–water partition coefficient (Wildman–Crippen LogP) is 3.36. The molecule has 2 N–H and O–H groups in total. The highest BCUT2D eigenvalue weighted by Crippen LogP contribution is 2.44. The number of alkyl halides is 2. The molecule has 1 aromatic heterocycles. The van der Waals surface area contributed by atoms with E-state index in [2.05, 4.69) is 10.3 Å². The normalized spacial score (nSPS) is 23.4. The molecule has 32 heavy (non-hydrogen) atoms. The van der Waals surface area contributed by atoms with Crippen LogP contribution in [0.1, 0.15) is 40.8 Å². The topological polar surface area (TPSA) is 112 Å². The van der Waals surface area contributed by atoms with E-state index in [0.717, 1.165) is 6.20 Å². The van der Waals surface area contributed by atoms with E-state index in [0.29, 0.717) is 4.57 Å². The first kappa shape index (κ1) is 26.4. The standard InChI is InChI=1S/C20H33F2N3O6Si/c1-12(2)10-29-18(28)24-14-8-9-23-17(27)25(14)16-20(21,22)15(26)13(31-16)11-30-32(6,7)19(3,4)5/h8-9,12-13,15-16,26H,10-11H2,1-7H3,(H,24,28)/t13-,15-,16-/m1/s1. The summed E-state index contributed by atoms with van der Waals surface area (Å²) >= 11 is 0. The van der Waals surface area contributed by atoms with Gasteiger partial charge in [0.2, 0.25) is 6.23 Å². The van der Waals surface area contributed by atoms with E-state index in [1.54, 1.807) is 0 Å². The Morgan fingerprint density at radius 2 is 2.03 bits per heavy atom. The van der Waals surface area contributed by atoms with E-state index in [9.17, 15) is 23.5 Å². The molecule has 2 rings (SSSR count). The van der Waals surface area contributed by atoms with Gasteiger partial charge in [0.1, 0.15) is 11.9 Å². The van der Waals surface area contributed by atoms with Gasteiger partial charge in [0.05, 0.1) is 13.2 Å². The molecule has 0 bridgehead atoms. The van der Waals surface area contributed by atoms with Gasteiger partial charge in [-0.05, 0) is 30.1 Å². The molecule has 182 valence electrons. The van der Waals surface area contributed by atoms with Crippen LogP contribution in [0.25, 0.3) is 0 Å². The van der Waals surface area contributed by atoms with Crippen molar-refractivity contribution in [1.82, 2.24) is 9.55 Å². The number of hydrogen-bond acceptors (Lipinski definition) is 7. The Morgan fingerprint density at radius 3 is 2.59 bits per heavy atom. The van der Waals surface area contributed by atoms with E-state index in [1.165, 1.54) is 6.07 Å². The van der Waals surface area contributed by atoms with E-state index < -0.39 is 44.5 Å². The second-order valence-corrected chi connectivity index (χ2v) is 14.6. The van der Waals surface area contributed by atoms with Crippen molar-refractivity contribution in [2.75, 3.05) is 18.5 Å². The summed E-state index contributed by atoms with van der Waals surface area (Å²) in [6.45, 7) is 13.4. The van der Waals surface area contributed by atoms with Crippen LogP contribution in [-0.2, 0) is 13.9 Å². The van der Waals surface area contributed by atoms with Gasteiger partial charge in [0, 0.05) is 6.20 Å². The monoisotopic (exact) mass is 477 g/mol. The van der Waals surface area contributed by atoms with Crippen molar-refractivity contribution in [3.63, 3.8) is 0 Å². The Bertz CT molecular complexity index is 872. The van der Waals surface area contributed by atoms with Crippen molar-refractivity contribution in [3.05, 3.63) is 22.7 Å². The molecule has 0 saturated carbocycles. The van der Waals surface area contributed by atoms with Crippen LogP contribution in [0.3, 0.4) is 0 Å². The first-order valence-electron chi connectivity index (χ1n) is 10.4. The van der Waals surface area contributed by atoms with Crippen LogP contribution >= 0.6 is 0 Å². The van der Waals surface area contributed by atoms with Crippen molar-refractivity contribution in [2.24, 2.45) is 5.92 Å². The van der Waals surface area contributed by atoms with E-state index in [1.807, 2.05) is 47.7 Å². The number of aliphatic hydroxyl groups excluding tert-OH is 1. The van der Waals surface area contributed by atoms with Crippen molar-refractivity contribution in [2.45, 2.75) is 77.1 Å². The first-order valence-corrected chi connectivity index (χ1v) is 13.4. The minimum Gasteiger partial charge on any atom is -0.449 e. The SMILES string of the molecule is CC(C)COC(=O)Nc1ccnc(=O)n1[C@@H]1O[C@H](CO[Si](C)(C)C(C)(C)C)[C@@H](O)C1(F)F. The van der Waals surface area contributed by atoms with E-state index >= 15 is 0 Å². The third-order valence-electron chi connectivity index (χ3n) is 5.69. The van der Waals surface area contributed by atoms with Crippen LogP contribution in [0.5, 0.6) is 0 Å². The fourth-order valence-electron chi connectivity index (χ4n) is 2.72. The van der Waals surface area contributed by atoms with Gasteiger partial charge in [0.25, 0.3) is 0 Å². The minimum absolute atomic E-state index is 0.0553. The number of nitrogens with one attached hydrogen (secondary N) is 1. The zero-order chi connectivity index (χ0) is 24.5. The average molecular weight is 478 g/mol. The minimum atomic E-state index is -3.84. The molecule has 3 atom stereocenters. The molecule has 1 aliphatic heterocycles. The van der Waals surface area contributed by atoms with Crippen LogP contribution in [0.2, 0.25) is 18.1 Å². The number of carbonyl (C=O) groups excluding carboxylic acids is 1. The van der Waals surface area contributed by atoms with Gasteiger partial charge >= 0.3 is 17.7 Å². The Labute approximate surface area is 187 Å². The number of aromatic nitrogens is 2. The molecule has 9 nitrogen and oxygen atoms in total. The summed E-state index contributed by atoms with van der Waals surface area (Å²) < 4.78 is 46.8. The lowest BCUT2D eigenvalue weighted by Crippen LogP contribution is -2.45. The fourth-order valence-corrected chi connectivity index (χ4v) is 3.74. The highest BCUT2D eigenvalue weighted by molar-refractivity contribution is 6.74. The molecule has 12 heteroatoms. The smallest absolute Gasteiger partial charge is 0.412 e. The Balaban J connectivity index is 2.27.